The van der Waals surface area contributed by atoms with E-state index in [2.05, 4.69) is 10.6 Å². The monoisotopic (exact) mass is 424 g/mol. The summed E-state index contributed by atoms with van der Waals surface area (Å²) < 4.78 is 5.29. The third-order valence-corrected chi connectivity index (χ3v) is 4.88. The van der Waals surface area contributed by atoms with Crippen LogP contribution in [0.2, 0.25) is 0 Å². The summed E-state index contributed by atoms with van der Waals surface area (Å²) in [6.07, 6.45) is 1.00. The van der Waals surface area contributed by atoms with Gasteiger partial charge in [-0.2, -0.15) is 0 Å². The molecule has 6 heteroatoms. The predicted molar refractivity (Wildman–Crippen MR) is 121 cm³/mol. The number of ether oxygens (including phenoxy) is 1. The van der Waals surface area contributed by atoms with Crippen LogP contribution in [0.3, 0.4) is 0 Å². The number of aryl methyl sites for hydroxylation is 1. The van der Waals surface area contributed by atoms with Crippen LogP contribution < -0.4 is 10.6 Å². The van der Waals surface area contributed by atoms with E-state index in [0.717, 1.165) is 11.1 Å². The molecular weight excluding hydrogens is 392 g/mol. The van der Waals surface area contributed by atoms with Crippen molar-refractivity contribution in [1.82, 2.24) is 10.6 Å². The Morgan fingerprint density at radius 1 is 0.935 bits per heavy atom. The first kappa shape index (κ1) is 24.1. The number of amides is 2. The molecule has 2 aromatic carbocycles. The van der Waals surface area contributed by atoms with Gasteiger partial charge in [0.15, 0.2) is 0 Å². The average Bonchev–Trinajstić information content (AvgIpc) is 2.76. The highest BCUT2D eigenvalue weighted by molar-refractivity contribution is 5.98. The molecule has 2 rings (SSSR count). The highest BCUT2D eigenvalue weighted by Crippen LogP contribution is 2.10. The molecule has 0 saturated heterocycles. The van der Waals surface area contributed by atoms with Crippen LogP contribution in [0.25, 0.3) is 0 Å². The topological polar surface area (TPSA) is 84.5 Å². The molecule has 2 amide bonds. The number of esters is 1. The molecule has 2 N–H and O–H groups in total. The summed E-state index contributed by atoms with van der Waals surface area (Å²) in [6, 6.07) is 15.0. The maximum absolute atomic E-state index is 13.1. The van der Waals surface area contributed by atoms with Crippen LogP contribution in [0.4, 0.5) is 0 Å². The second-order valence-electron chi connectivity index (χ2n) is 7.98. The fourth-order valence-electron chi connectivity index (χ4n) is 3.07. The number of hydrogen-bond acceptors (Lipinski definition) is 4. The van der Waals surface area contributed by atoms with Gasteiger partial charge < -0.3 is 15.4 Å². The molecular formula is C25H32N2O4. The van der Waals surface area contributed by atoms with E-state index in [9.17, 15) is 14.4 Å². The molecule has 0 spiro atoms. The normalized spacial score (nSPS) is 12.7. The van der Waals surface area contributed by atoms with Gasteiger partial charge in [0.05, 0.1) is 6.61 Å². The fourth-order valence-corrected chi connectivity index (χ4v) is 3.07. The minimum Gasteiger partial charge on any atom is -0.464 e. The average molecular weight is 425 g/mol. The molecule has 0 saturated carbocycles. The largest absolute Gasteiger partial charge is 0.464 e. The van der Waals surface area contributed by atoms with Gasteiger partial charge in [-0.3, -0.25) is 9.59 Å². The summed E-state index contributed by atoms with van der Waals surface area (Å²) in [5.41, 5.74) is 2.43. The van der Waals surface area contributed by atoms with Gasteiger partial charge >= 0.3 is 5.97 Å². The highest BCUT2D eigenvalue weighted by atomic mass is 16.5. The SMILES string of the molecule is CCCOC(=O)[C@H](Cc1ccccc1)NC(=O)[C@@H](NC(=O)c1ccc(C)cc1)C(C)C. The zero-order valence-electron chi connectivity index (χ0n) is 18.7. The molecule has 2 aromatic rings. The van der Waals surface area contributed by atoms with Crippen molar-refractivity contribution in [2.24, 2.45) is 5.92 Å². The van der Waals surface area contributed by atoms with E-state index in [0.29, 0.717) is 18.4 Å². The fraction of sp³-hybridized carbons (Fsp3) is 0.400. The molecule has 31 heavy (non-hydrogen) atoms. The van der Waals surface area contributed by atoms with E-state index in [1.807, 2.05) is 70.2 Å². The maximum atomic E-state index is 13.1. The van der Waals surface area contributed by atoms with Gasteiger partial charge in [0.25, 0.3) is 5.91 Å². The summed E-state index contributed by atoms with van der Waals surface area (Å²) in [4.78, 5) is 38.3. The lowest BCUT2D eigenvalue weighted by Crippen LogP contribution is -2.54. The molecule has 0 aliphatic rings. The Bertz CT molecular complexity index is 863. The third kappa shape index (κ3) is 7.55. The summed E-state index contributed by atoms with van der Waals surface area (Å²) >= 11 is 0. The summed E-state index contributed by atoms with van der Waals surface area (Å²) in [7, 11) is 0. The molecule has 0 unspecified atom stereocenters. The van der Waals surface area contributed by atoms with E-state index in [4.69, 9.17) is 4.74 Å². The van der Waals surface area contributed by atoms with E-state index >= 15 is 0 Å². The zero-order chi connectivity index (χ0) is 22.8. The van der Waals surface area contributed by atoms with E-state index in [1.54, 1.807) is 12.1 Å². The second kappa shape index (κ2) is 11.9. The van der Waals surface area contributed by atoms with Gasteiger partial charge in [-0.15, -0.1) is 0 Å². The number of carbonyl (C=O) groups excluding carboxylic acids is 3. The number of benzene rings is 2. The van der Waals surface area contributed by atoms with E-state index < -0.39 is 24.0 Å². The lowest BCUT2D eigenvalue weighted by molar-refractivity contribution is -0.148. The molecule has 0 aliphatic carbocycles. The van der Waals surface area contributed by atoms with Crippen molar-refractivity contribution in [1.29, 1.82) is 0 Å². The van der Waals surface area contributed by atoms with Crippen molar-refractivity contribution in [3.05, 3.63) is 71.3 Å². The van der Waals surface area contributed by atoms with Crippen LogP contribution >= 0.6 is 0 Å². The predicted octanol–water partition coefficient (Wildman–Crippen LogP) is 3.43. The minimum atomic E-state index is -0.834. The van der Waals surface area contributed by atoms with Crippen LogP contribution in [0.15, 0.2) is 54.6 Å². The van der Waals surface area contributed by atoms with Crippen LogP contribution in [-0.2, 0) is 20.7 Å². The Hall–Kier alpha value is -3.15. The van der Waals surface area contributed by atoms with E-state index in [-0.39, 0.29) is 18.4 Å². The van der Waals surface area contributed by atoms with Gasteiger partial charge in [-0.1, -0.05) is 68.8 Å². The summed E-state index contributed by atoms with van der Waals surface area (Å²) in [6.45, 7) is 7.84. The lowest BCUT2D eigenvalue weighted by atomic mass is 10.0. The van der Waals surface area contributed by atoms with Gasteiger partial charge in [0.2, 0.25) is 5.91 Å². The second-order valence-corrected chi connectivity index (χ2v) is 7.98. The molecule has 0 bridgehead atoms. The molecule has 6 nitrogen and oxygen atoms in total. The Balaban J connectivity index is 2.13. The van der Waals surface area contributed by atoms with Crippen molar-refractivity contribution >= 4 is 17.8 Å². The van der Waals surface area contributed by atoms with Gasteiger partial charge in [-0.25, -0.2) is 4.79 Å². The first-order valence-electron chi connectivity index (χ1n) is 10.7. The van der Waals surface area contributed by atoms with E-state index in [1.165, 1.54) is 0 Å². The number of rotatable bonds is 10. The Morgan fingerprint density at radius 2 is 1.58 bits per heavy atom. The highest BCUT2D eigenvalue weighted by Gasteiger charge is 2.30. The lowest BCUT2D eigenvalue weighted by Gasteiger charge is -2.25. The van der Waals surface area contributed by atoms with Crippen LogP contribution in [-0.4, -0.2) is 36.5 Å². The molecule has 0 heterocycles. The molecule has 0 fully saturated rings. The van der Waals surface area contributed by atoms with Gasteiger partial charge in [0.1, 0.15) is 12.1 Å². The number of hydrogen-bond donors (Lipinski definition) is 2. The standard InChI is InChI=1S/C25H32N2O4/c1-5-15-31-25(30)21(16-19-9-7-6-8-10-19)26-24(29)22(17(2)3)27-23(28)20-13-11-18(4)12-14-20/h6-14,17,21-22H,5,15-16H2,1-4H3,(H,26,29)(H,27,28)/t21-,22-/m0/s1. The third-order valence-electron chi connectivity index (χ3n) is 4.88. The van der Waals surface area contributed by atoms with Crippen LogP contribution in [0, 0.1) is 12.8 Å². The summed E-state index contributed by atoms with van der Waals surface area (Å²) in [5.74, 6) is -1.39. The first-order chi connectivity index (χ1) is 14.8. The molecule has 0 aromatic heterocycles. The molecule has 0 radical (unpaired) electrons. The Kier molecular flexibility index (Phi) is 9.25. The zero-order valence-corrected chi connectivity index (χ0v) is 18.7. The first-order valence-corrected chi connectivity index (χ1v) is 10.7. The van der Waals surface area contributed by atoms with Crippen molar-refractivity contribution < 1.29 is 19.1 Å². The Morgan fingerprint density at radius 3 is 2.16 bits per heavy atom. The smallest absolute Gasteiger partial charge is 0.328 e. The number of nitrogens with one attached hydrogen (secondary N) is 2. The molecule has 2 atom stereocenters. The Labute approximate surface area is 184 Å². The van der Waals surface area contributed by atoms with Crippen LogP contribution in [0.5, 0.6) is 0 Å². The van der Waals surface area contributed by atoms with Crippen molar-refractivity contribution in [2.45, 2.75) is 52.6 Å². The summed E-state index contributed by atoms with van der Waals surface area (Å²) in [5, 5.41) is 5.59. The van der Waals surface area contributed by atoms with Gasteiger partial charge in [0, 0.05) is 12.0 Å². The quantitative estimate of drug-likeness (QED) is 0.573. The van der Waals surface area contributed by atoms with Crippen molar-refractivity contribution in [2.75, 3.05) is 6.61 Å². The minimum absolute atomic E-state index is 0.168. The molecule has 0 aliphatic heterocycles. The molecule has 166 valence electrons. The van der Waals surface area contributed by atoms with Crippen molar-refractivity contribution in [3.63, 3.8) is 0 Å². The van der Waals surface area contributed by atoms with Crippen LogP contribution in [0.1, 0.15) is 48.7 Å². The number of carbonyl (C=O) groups is 3. The van der Waals surface area contributed by atoms with Gasteiger partial charge in [-0.05, 0) is 37.0 Å². The van der Waals surface area contributed by atoms with Crippen molar-refractivity contribution in [3.8, 4) is 0 Å². The maximum Gasteiger partial charge on any atom is 0.328 e.